The number of carboxylic acid groups (broad SMARTS) is 1. The Hall–Kier alpha value is -2.04. The second-order valence-electron chi connectivity index (χ2n) is 5.37. The Morgan fingerprint density at radius 1 is 1.22 bits per heavy atom. The summed E-state index contributed by atoms with van der Waals surface area (Å²) in [5.74, 6) is -1.36. The van der Waals surface area contributed by atoms with Gasteiger partial charge in [-0.2, -0.15) is 0 Å². The predicted octanol–water partition coefficient (Wildman–Crippen LogP) is 3.82. The van der Waals surface area contributed by atoms with E-state index in [1.807, 2.05) is 12.1 Å². The second kappa shape index (κ2) is 6.22. The molecule has 1 aliphatic heterocycles. The lowest BCUT2D eigenvalue weighted by molar-refractivity contribution is -0.138. The highest BCUT2D eigenvalue weighted by Gasteiger charge is 2.35. The Morgan fingerprint density at radius 3 is 2.65 bits per heavy atom. The summed E-state index contributed by atoms with van der Waals surface area (Å²) < 4.78 is 0. The molecular formula is C17H13Cl2NO3. The fourth-order valence-corrected chi connectivity index (χ4v) is 3.43. The van der Waals surface area contributed by atoms with Gasteiger partial charge in [0.25, 0.3) is 5.91 Å². The molecule has 23 heavy (non-hydrogen) atoms. The number of benzene rings is 2. The molecule has 2 aromatic carbocycles. The van der Waals surface area contributed by atoms with Crippen molar-refractivity contribution in [2.24, 2.45) is 0 Å². The fraction of sp³-hybridized carbons (Fsp3) is 0.176. The van der Waals surface area contributed by atoms with Crippen LogP contribution in [0.3, 0.4) is 0 Å². The minimum absolute atomic E-state index is 0.301. The molecule has 1 heterocycles. The summed E-state index contributed by atoms with van der Waals surface area (Å²) >= 11 is 12.2. The lowest BCUT2D eigenvalue weighted by Gasteiger charge is -2.36. The zero-order chi connectivity index (χ0) is 16.6. The number of carbonyl (C=O) groups is 2. The molecule has 0 fully saturated rings. The maximum atomic E-state index is 12.7. The van der Waals surface area contributed by atoms with Gasteiger partial charge in [0.2, 0.25) is 0 Å². The Labute approximate surface area is 143 Å². The first-order chi connectivity index (χ1) is 11.0. The lowest BCUT2D eigenvalue weighted by Crippen LogP contribution is -2.43. The summed E-state index contributed by atoms with van der Waals surface area (Å²) in [7, 11) is 0. The largest absolute Gasteiger partial charge is 0.480 e. The summed E-state index contributed by atoms with van der Waals surface area (Å²) in [5.41, 5.74) is 2.12. The fourth-order valence-electron chi connectivity index (χ4n) is 2.90. The maximum absolute atomic E-state index is 12.7. The smallest absolute Gasteiger partial charge is 0.323 e. The van der Waals surface area contributed by atoms with Crippen LogP contribution in [0.25, 0.3) is 0 Å². The van der Waals surface area contributed by atoms with Crippen LogP contribution in [0.1, 0.15) is 27.5 Å². The third-order valence-electron chi connectivity index (χ3n) is 3.93. The van der Waals surface area contributed by atoms with Crippen LogP contribution >= 0.6 is 23.2 Å². The quantitative estimate of drug-likeness (QED) is 0.916. The van der Waals surface area contributed by atoms with Gasteiger partial charge in [0.05, 0.1) is 6.04 Å². The first-order valence-electron chi connectivity index (χ1n) is 7.03. The summed E-state index contributed by atoms with van der Waals surface area (Å²) in [6.07, 6.45) is 0.510. The van der Waals surface area contributed by atoms with Crippen molar-refractivity contribution >= 4 is 35.1 Å². The molecule has 1 amide bonds. The zero-order valence-electron chi connectivity index (χ0n) is 12.0. The molecule has 1 N–H and O–H groups in total. The van der Waals surface area contributed by atoms with E-state index < -0.39 is 12.0 Å². The summed E-state index contributed by atoms with van der Waals surface area (Å²) in [6.45, 7) is -0.378. The van der Waals surface area contributed by atoms with Gasteiger partial charge >= 0.3 is 5.97 Å². The number of carbonyl (C=O) groups excluding carboxylic acids is 1. The van der Waals surface area contributed by atoms with Crippen LogP contribution in [-0.4, -0.2) is 28.4 Å². The van der Waals surface area contributed by atoms with Gasteiger partial charge in [-0.3, -0.25) is 9.59 Å². The van der Waals surface area contributed by atoms with E-state index in [0.29, 0.717) is 27.6 Å². The van der Waals surface area contributed by atoms with Crippen LogP contribution in [0.15, 0.2) is 42.5 Å². The highest BCUT2D eigenvalue weighted by atomic mass is 35.5. The standard InChI is InChI=1S/C17H13Cl2NO3/c18-11-5-6-13(14(19)8-11)15-7-10-3-1-2-4-12(10)17(23)20(15)9-16(21)22/h1-6,8,15H,7,9H2,(H,21,22). The third kappa shape index (κ3) is 3.05. The summed E-state index contributed by atoms with van der Waals surface area (Å²) in [4.78, 5) is 25.2. The topological polar surface area (TPSA) is 57.6 Å². The molecule has 1 atom stereocenters. The number of hydrogen-bond donors (Lipinski definition) is 1. The molecule has 6 heteroatoms. The van der Waals surface area contributed by atoms with Gasteiger partial charge in [0.15, 0.2) is 0 Å². The zero-order valence-corrected chi connectivity index (χ0v) is 13.5. The van der Waals surface area contributed by atoms with E-state index in [2.05, 4.69) is 0 Å². The van der Waals surface area contributed by atoms with Crippen molar-refractivity contribution in [3.63, 3.8) is 0 Å². The van der Waals surface area contributed by atoms with E-state index in [9.17, 15) is 9.59 Å². The molecule has 4 nitrogen and oxygen atoms in total. The molecule has 0 saturated heterocycles. The van der Waals surface area contributed by atoms with Gasteiger partial charge in [-0.1, -0.05) is 47.5 Å². The number of hydrogen-bond acceptors (Lipinski definition) is 2. The van der Waals surface area contributed by atoms with Gasteiger partial charge in [-0.15, -0.1) is 0 Å². The van der Waals surface area contributed by atoms with Crippen molar-refractivity contribution < 1.29 is 14.7 Å². The van der Waals surface area contributed by atoms with E-state index in [0.717, 1.165) is 5.56 Å². The van der Waals surface area contributed by atoms with Crippen LogP contribution in [0.5, 0.6) is 0 Å². The van der Waals surface area contributed by atoms with E-state index in [4.69, 9.17) is 28.3 Å². The van der Waals surface area contributed by atoms with Crippen molar-refractivity contribution in [2.45, 2.75) is 12.5 Å². The normalized spacial score (nSPS) is 17.0. The molecule has 1 unspecified atom stereocenters. The van der Waals surface area contributed by atoms with Crippen molar-refractivity contribution in [3.8, 4) is 0 Å². The average molecular weight is 350 g/mol. The van der Waals surface area contributed by atoms with Crippen LogP contribution in [0.4, 0.5) is 0 Å². The van der Waals surface area contributed by atoms with E-state index in [1.165, 1.54) is 4.90 Å². The van der Waals surface area contributed by atoms with Gasteiger partial charge in [0, 0.05) is 15.6 Å². The highest BCUT2D eigenvalue weighted by Crippen LogP contribution is 2.37. The number of fused-ring (bicyclic) bond motifs is 1. The Kier molecular flexibility index (Phi) is 4.28. The molecule has 2 aromatic rings. The van der Waals surface area contributed by atoms with Gasteiger partial charge in [-0.05, 0) is 35.7 Å². The molecular weight excluding hydrogens is 337 g/mol. The molecule has 0 radical (unpaired) electrons. The number of carboxylic acids is 1. The third-order valence-corrected chi connectivity index (χ3v) is 4.49. The van der Waals surface area contributed by atoms with E-state index in [1.54, 1.807) is 30.3 Å². The van der Waals surface area contributed by atoms with Crippen LogP contribution < -0.4 is 0 Å². The highest BCUT2D eigenvalue weighted by molar-refractivity contribution is 6.35. The second-order valence-corrected chi connectivity index (χ2v) is 6.21. The SMILES string of the molecule is O=C(O)CN1C(=O)c2ccccc2CC1c1ccc(Cl)cc1Cl. The number of rotatable bonds is 3. The van der Waals surface area contributed by atoms with E-state index in [-0.39, 0.29) is 12.5 Å². The Balaban J connectivity index is 2.09. The summed E-state index contributed by atoms with van der Waals surface area (Å²) in [5, 5.41) is 10.1. The number of halogens is 2. The first kappa shape index (κ1) is 15.8. The average Bonchev–Trinajstić information content (AvgIpc) is 2.50. The molecule has 0 aliphatic carbocycles. The van der Waals surface area contributed by atoms with Crippen LogP contribution in [0, 0.1) is 0 Å². The first-order valence-corrected chi connectivity index (χ1v) is 7.78. The maximum Gasteiger partial charge on any atom is 0.323 e. The predicted molar refractivity (Wildman–Crippen MR) is 88.0 cm³/mol. The molecule has 0 saturated carbocycles. The number of aliphatic carboxylic acids is 1. The summed E-state index contributed by atoms with van der Waals surface area (Å²) in [6, 6.07) is 11.8. The molecule has 0 bridgehead atoms. The lowest BCUT2D eigenvalue weighted by atomic mass is 9.89. The minimum Gasteiger partial charge on any atom is -0.480 e. The van der Waals surface area contributed by atoms with Crippen molar-refractivity contribution in [2.75, 3.05) is 6.54 Å². The van der Waals surface area contributed by atoms with Crippen molar-refractivity contribution in [1.29, 1.82) is 0 Å². The monoisotopic (exact) mass is 349 g/mol. The van der Waals surface area contributed by atoms with Crippen LogP contribution in [0.2, 0.25) is 10.0 Å². The van der Waals surface area contributed by atoms with Gasteiger partial charge < -0.3 is 10.0 Å². The minimum atomic E-state index is -1.06. The Morgan fingerprint density at radius 2 is 1.96 bits per heavy atom. The number of amides is 1. The number of nitrogens with zero attached hydrogens (tertiary/aromatic N) is 1. The molecule has 3 rings (SSSR count). The molecule has 0 spiro atoms. The van der Waals surface area contributed by atoms with Crippen LogP contribution in [-0.2, 0) is 11.2 Å². The Bertz CT molecular complexity index is 791. The van der Waals surface area contributed by atoms with Crippen molar-refractivity contribution in [1.82, 2.24) is 4.90 Å². The molecule has 118 valence electrons. The molecule has 1 aliphatic rings. The van der Waals surface area contributed by atoms with Gasteiger partial charge in [0.1, 0.15) is 6.54 Å². The molecule has 0 aromatic heterocycles. The van der Waals surface area contributed by atoms with Crippen molar-refractivity contribution in [3.05, 3.63) is 69.2 Å². The van der Waals surface area contributed by atoms with E-state index >= 15 is 0 Å². The van der Waals surface area contributed by atoms with Gasteiger partial charge in [-0.25, -0.2) is 0 Å².